The van der Waals surface area contributed by atoms with E-state index < -0.39 is 9.04 Å². The van der Waals surface area contributed by atoms with Crippen molar-refractivity contribution in [1.29, 1.82) is 0 Å². The second-order valence-corrected chi connectivity index (χ2v) is 3.24. The largest absolute Gasteiger partial charge is 0.549 e. The molecule has 1 nitrogen and oxygen atoms in total. The van der Waals surface area contributed by atoms with Gasteiger partial charge in [-0.25, -0.2) is 0 Å². The minimum absolute atomic E-state index is 0.504. The third-order valence-corrected chi connectivity index (χ3v) is 0.957. The van der Waals surface area contributed by atoms with E-state index >= 15 is 0 Å². The summed E-state index contributed by atoms with van der Waals surface area (Å²) in [7, 11) is -0.504. The molecule has 0 aliphatic rings. The second-order valence-electron chi connectivity index (χ2n) is 1.19. The van der Waals surface area contributed by atoms with E-state index in [-0.39, 0.29) is 0 Å². The van der Waals surface area contributed by atoms with Gasteiger partial charge in [-0.3, -0.25) is 0 Å². The van der Waals surface area contributed by atoms with E-state index in [0.29, 0.717) is 0 Å². The Labute approximate surface area is 40.4 Å². The lowest BCUT2D eigenvalue weighted by molar-refractivity contribution is 0.503. The maximum Gasteiger partial charge on any atom is 0.273 e. The minimum Gasteiger partial charge on any atom is -0.549 e. The molecule has 0 N–H and O–H groups in total. The van der Waals surface area contributed by atoms with Crippen LogP contribution >= 0.6 is 0 Å². The Morgan fingerprint density at radius 3 is 2.17 bits per heavy atom. The molecule has 6 heavy (non-hydrogen) atoms. The highest BCUT2D eigenvalue weighted by molar-refractivity contribution is 6.48. The lowest BCUT2D eigenvalue weighted by atomic mass is 11.2. The molecule has 1 radical (unpaired) electrons. The topological polar surface area (TPSA) is 9.23 Å². The summed E-state index contributed by atoms with van der Waals surface area (Å²) in [6.45, 7) is 7.53. The molecule has 2 heteroatoms. The summed E-state index contributed by atoms with van der Waals surface area (Å²) in [5.74, 6) is 0. The van der Waals surface area contributed by atoms with Crippen LogP contribution in [0.1, 0.15) is 0 Å². The van der Waals surface area contributed by atoms with Crippen LogP contribution in [0.2, 0.25) is 13.1 Å². The lowest BCUT2D eigenvalue weighted by Crippen LogP contribution is -2.00. The van der Waals surface area contributed by atoms with Crippen molar-refractivity contribution < 1.29 is 4.43 Å². The molecule has 0 aromatic rings. The van der Waals surface area contributed by atoms with E-state index in [9.17, 15) is 0 Å². The SMILES string of the molecule is C=CO[Si](C)C. The van der Waals surface area contributed by atoms with Crippen molar-refractivity contribution in [3.05, 3.63) is 12.8 Å². The fraction of sp³-hybridized carbons (Fsp3) is 0.500. The summed E-state index contributed by atoms with van der Waals surface area (Å²) in [5.41, 5.74) is 0. The van der Waals surface area contributed by atoms with Crippen molar-refractivity contribution in [2.24, 2.45) is 0 Å². The molecule has 0 bridgehead atoms. The second kappa shape index (κ2) is 2.97. The monoisotopic (exact) mass is 101 g/mol. The van der Waals surface area contributed by atoms with Gasteiger partial charge in [-0.1, -0.05) is 6.58 Å². The number of hydrogen-bond acceptors (Lipinski definition) is 1. The predicted octanol–water partition coefficient (Wildman–Crippen LogP) is 1.40. The van der Waals surface area contributed by atoms with Gasteiger partial charge < -0.3 is 4.43 Å². The molecule has 0 spiro atoms. The van der Waals surface area contributed by atoms with E-state index in [4.69, 9.17) is 4.43 Å². The zero-order valence-corrected chi connectivity index (χ0v) is 5.19. The normalized spacial score (nSPS) is 8.50. The van der Waals surface area contributed by atoms with Crippen LogP contribution in [0, 0.1) is 0 Å². The Morgan fingerprint density at radius 2 is 2.17 bits per heavy atom. The van der Waals surface area contributed by atoms with Gasteiger partial charge in [0.1, 0.15) is 0 Å². The van der Waals surface area contributed by atoms with Gasteiger partial charge in [0.25, 0.3) is 9.04 Å². The molecule has 0 fully saturated rings. The van der Waals surface area contributed by atoms with Crippen LogP contribution in [0.3, 0.4) is 0 Å². The van der Waals surface area contributed by atoms with Crippen LogP contribution in [0.4, 0.5) is 0 Å². The summed E-state index contributed by atoms with van der Waals surface area (Å²) in [6.07, 6.45) is 1.49. The van der Waals surface area contributed by atoms with Gasteiger partial charge in [-0.2, -0.15) is 0 Å². The first-order valence-corrected chi connectivity index (χ1v) is 4.26. The molecule has 35 valence electrons. The summed E-state index contributed by atoms with van der Waals surface area (Å²) >= 11 is 0. The Morgan fingerprint density at radius 1 is 1.67 bits per heavy atom. The van der Waals surface area contributed by atoms with Crippen molar-refractivity contribution in [3.63, 3.8) is 0 Å². The molecule has 0 saturated heterocycles. The quantitative estimate of drug-likeness (QED) is 0.377. The Balaban J connectivity index is 2.81. The highest BCUT2D eigenvalue weighted by Gasteiger charge is 1.88. The van der Waals surface area contributed by atoms with Gasteiger partial charge in [0.05, 0.1) is 6.26 Å². The average Bonchev–Trinajstić information content (AvgIpc) is 1.35. The van der Waals surface area contributed by atoms with E-state index in [1.807, 2.05) is 0 Å². The lowest BCUT2D eigenvalue weighted by Gasteiger charge is -1.96. The smallest absolute Gasteiger partial charge is 0.273 e. The summed E-state index contributed by atoms with van der Waals surface area (Å²) in [5, 5.41) is 0. The van der Waals surface area contributed by atoms with Gasteiger partial charge in [0, 0.05) is 0 Å². The first kappa shape index (κ1) is 5.76. The molecular formula is C4H9OSi. The van der Waals surface area contributed by atoms with Crippen LogP contribution < -0.4 is 0 Å². The molecule has 0 aliphatic carbocycles. The molecule has 0 aliphatic heterocycles. The maximum absolute atomic E-state index is 4.91. The van der Waals surface area contributed by atoms with E-state index in [2.05, 4.69) is 19.7 Å². The molecule has 0 unspecified atom stereocenters. The van der Waals surface area contributed by atoms with Crippen LogP contribution in [0.25, 0.3) is 0 Å². The molecule has 0 amide bonds. The van der Waals surface area contributed by atoms with Crippen LogP contribution in [0.5, 0.6) is 0 Å². The standard InChI is InChI=1S/C4H9OSi/c1-4-5-6(2)3/h4H,1H2,2-3H3. The van der Waals surface area contributed by atoms with Crippen molar-refractivity contribution in [2.75, 3.05) is 0 Å². The zero-order valence-electron chi connectivity index (χ0n) is 4.19. The first-order valence-electron chi connectivity index (χ1n) is 1.85. The third-order valence-electron chi connectivity index (χ3n) is 0.319. The molecule has 0 aromatic heterocycles. The van der Waals surface area contributed by atoms with Crippen molar-refractivity contribution >= 4 is 9.04 Å². The van der Waals surface area contributed by atoms with E-state index in [1.54, 1.807) is 0 Å². The number of hydrogen-bond donors (Lipinski definition) is 0. The van der Waals surface area contributed by atoms with E-state index in [0.717, 1.165) is 0 Å². The minimum atomic E-state index is -0.504. The summed E-state index contributed by atoms with van der Waals surface area (Å²) < 4.78 is 4.91. The average molecular weight is 101 g/mol. The summed E-state index contributed by atoms with van der Waals surface area (Å²) in [4.78, 5) is 0. The van der Waals surface area contributed by atoms with Crippen molar-refractivity contribution in [2.45, 2.75) is 13.1 Å². The van der Waals surface area contributed by atoms with Gasteiger partial charge in [0.2, 0.25) is 0 Å². The fourth-order valence-corrected chi connectivity index (χ4v) is 0.500. The van der Waals surface area contributed by atoms with Crippen molar-refractivity contribution in [3.8, 4) is 0 Å². The number of rotatable bonds is 2. The highest BCUT2D eigenvalue weighted by atomic mass is 28.3. The summed E-state index contributed by atoms with van der Waals surface area (Å²) in [6, 6.07) is 0. The fourth-order valence-electron chi connectivity index (χ4n) is 0.167. The molecular weight excluding hydrogens is 92.1 g/mol. The van der Waals surface area contributed by atoms with Crippen LogP contribution in [-0.2, 0) is 4.43 Å². The van der Waals surface area contributed by atoms with Gasteiger partial charge in [-0.05, 0) is 13.1 Å². The molecule has 0 atom stereocenters. The van der Waals surface area contributed by atoms with Crippen LogP contribution in [0.15, 0.2) is 12.8 Å². The highest BCUT2D eigenvalue weighted by Crippen LogP contribution is 1.79. The Hall–Kier alpha value is -0.243. The molecule has 0 rings (SSSR count). The van der Waals surface area contributed by atoms with Crippen molar-refractivity contribution in [1.82, 2.24) is 0 Å². The van der Waals surface area contributed by atoms with E-state index in [1.165, 1.54) is 6.26 Å². The third kappa shape index (κ3) is 3.76. The van der Waals surface area contributed by atoms with Crippen LogP contribution in [-0.4, -0.2) is 9.04 Å². The predicted molar refractivity (Wildman–Crippen MR) is 28.8 cm³/mol. The molecule has 0 heterocycles. The van der Waals surface area contributed by atoms with Gasteiger partial charge >= 0.3 is 0 Å². The maximum atomic E-state index is 4.91. The molecule has 0 saturated carbocycles. The van der Waals surface area contributed by atoms with Gasteiger partial charge in [0.15, 0.2) is 0 Å². The van der Waals surface area contributed by atoms with Gasteiger partial charge in [-0.15, -0.1) is 0 Å². The molecule has 0 aromatic carbocycles. The Bertz CT molecular complexity index is 42.8. The Kier molecular flexibility index (Phi) is 2.85. The first-order chi connectivity index (χ1) is 2.77. The zero-order chi connectivity index (χ0) is 4.99.